The van der Waals surface area contributed by atoms with Gasteiger partial charge in [-0.3, -0.25) is 19.2 Å². The largest absolute Gasteiger partial charge is 0.481 e. The Balaban J connectivity index is 0.00000108. The van der Waals surface area contributed by atoms with Crippen molar-refractivity contribution in [2.24, 2.45) is 11.8 Å². The fourth-order valence-electron chi connectivity index (χ4n) is 7.77. The maximum atomic E-state index is 12.2. The molecule has 9 heteroatoms. The zero-order valence-electron chi connectivity index (χ0n) is 43.1. The lowest BCUT2D eigenvalue weighted by molar-refractivity contribution is -0.146. The van der Waals surface area contributed by atoms with Gasteiger partial charge in [0.2, 0.25) is 0 Å². The summed E-state index contributed by atoms with van der Waals surface area (Å²) in [6, 6.07) is 19.3. The van der Waals surface area contributed by atoms with Crippen molar-refractivity contribution in [3.8, 4) is 0 Å². The maximum absolute atomic E-state index is 12.2. The molecule has 0 aromatic heterocycles. The van der Waals surface area contributed by atoms with Crippen LogP contribution in [0, 0.1) is 11.8 Å². The van der Waals surface area contributed by atoms with Crippen LogP contribution in [-0.4, -0.2) is 47.3 Å². The van der Waals surface area contributed by atoms with Crippen LogP contribution >= 0.6 is 0 Å². The molecule has 0 aliphatic rings. The molecule has 67 heavy (non-hydrogen) atoms. The predicted octanol–water partition coefficient (Wildman–Crippen LogP) is 15.9. The second-order valence-electron chi connectivity index (χ2n) is 18.5. The molecule has 0 aliphatic heterocycles. The lowest BCUT2D eigenvalue weighted by Crippen LogP contribution is -2.14. The first-order valence-corrected chi connectivity index (χ1v) is 27.1. The number of carbonyl (C=O) groups excluding carboxylic acids is 3. The van der Waals surface area contributed by atoms with E-state index in [0.717, 1.165) is 56.1 Å². The Morgan fingerprint density at radius 2 is 0.716 bits per heavy atom. The third-order valence-electron chi connectivity index (χ3n) is 12.1. The summed E-state index contributed by atoms with van der Waals surface area (Å²) in [6.45, 7) is 10.6. The molecule has 0 fully saturated rings. The normalized spacial score (nSPS) is 10.8. The first-order valence-electron chi connectivity index (χ1n) is 27.1. The predicted molar refractivity (Wildman–Crippen MR) is 276 cm³/mol. The lowest BCUT2D eigenvalue weighted by Gasteiger charge is -2.17. The van der Waals surface area contributed by atoms with Crippen molar-refractivity contribution < 1.29 is 43.6 Å². The van der Waals surface area contributed by atoms with Crippen LogP contribution in [0.15, 0.2) is 60.7 Å². The summed E-state index contributed by atoms with van der Waals surface area (Å²) < 4.78 is 16.1. The summed E-state index contributed by atoms with van der Waals surface area (Å²) in [4.78, 5) is 45.7. The van der Waals surface area contributed by atoms with E-state index in [9.17, 15) is 24.3 Å². The van der Waals surface area contributed by atoms with E-state index in [0.29, 0.717) is 63.9 Å². The Kier molecular flexibility index (Phi) is 46.0. The average Bonchev–Trinajstić information content (AvgIpc) is 3.34. The average molecular weight is 939 g/mol. The highest BCUT2D eigenvalue weighted by atomic mass is 16.5. The fourth-order valence-corrected chi connectivity index (χ4v) is 7.77. The third-order valence-corrected chi connectivity index (χ3v) is 12.1. The quantitative estimate of drug-likeness (QED) is 0.0379. The molecule has 9 nitrogen and oxygen atoms in total. The number of benzene rings is 2. The van der Waals surface area contributed by atoms with Gasteiger partial charge in [0.15, 0.2) is 0 Å². The first kappa shape index (κ1) is 63.3. The minimum Gasteiger partial charge on any atom is -0.481 e. The number of carbonyl (C=O) groups is 4. The summed E-state index contributed by atoms with van der Waals surface area (Å²) in [6.07, 6.45) is 33.9. The molecular weight excluding hydrogens is 841 g/mol. The molecule has 2 N–H and O–H groups in total. The Bertz CT molecular complexity index is 1380. The number of hydrogen-bond acceptors (Lipinski definition) is 8. The van der Waals surface area contributed by atoms with E-state index >= 15 is 0 Å². The molecule has 0 radical (unpaired) electrons. The van der Waals surface area contributed by atoms with E-state index in [4.69, 9.17) is 19.3 Å². The number of rotatable bonds is 41. The first-order chi connectivity index (χ1) is 32.7. The van der Waals surface area contributed by atoms with Crippen LogP contribution in [0.3, 0.4) is 0 Å². The van der Waals surface area contributed by atoms with E-state index in [-0.39, 0.29) is 24.3 Å². The van der Waals surface area contributed by atoms with Crippen molar-refractivity contribution in [3.05, 3.63) is 71.8 Å². The van der Waals surface area contributed by atoms with Gasteiger partial charge in [-0.2, -0.15) is 0 Å². The van der Waals surface area contributed by atoms with Crippen LogP contribution in [0.5, 0.6) is 0 Å². The van der Waals surface area contributed by atoms with Gasteiger partial charge in [-0.1, -0.05) is 217 Å². The van der Waals surface area contributed by atoms with Gasteiger partial charge in [-0.15, -0.1) is 0 Å². The van der Waals surface area contributed by atoms with Gasteiger partial charge >= 0.3 is 23.9 Å². The van der Waals surface area contributed by atoms with Crippen molar-refractivity contribution in [3.63, 3.8) is 0 Å². The summed E-state index contributed by atoms with van der Waals surface area (Å²) in [5.74, 6) is -0.0702. The maximum Gasteiger partial charge on any atom is 0.306 e. The number of esters is 3. The molecule has 0 heterocycles. The van der Waals surface area contributed by atoms with Crippen LogP contribution < -0.4 is 0 Å². The topological polar surface area (TPSA) is 136 Å². The molecule has 0 saturated heterocycles. The lowest BCUT2D eigenvalue weighted by atomic mass is 9.95. The summed E-state index contributed by atoms with van der Waals surface area (Å²) in [5.41, 5.74) is 1.99. The van der Waals surface area contributed by atoms with E-state index in [1.54, 1.807) is 0 Å². The van der Waals surface area contributed by atoms with Crippen molar-refractivity contribution >= 4 is 23.9 Å². The van der Waals surface area contributed by atoms with Gasteiger partial charge in [-0.05, 0) is 74.3 Å². The second-order valence-corrected chi connectivity index (χ2v) is 18.5. The van der Waals surface area contributed by atoms with Crippen LogP contribution in [0.25, 0.3) is 0 Å². The minimum atomic E-state index is -0.762. The number of ether oxygens (including phenoxy) is 3. The van der Waals surface area contributed by atoms with Gasteiger partial charge < -0.3 is 24.4 Å². The molecule has 2 aromatic rings. The number of carboxylic acid groups (broad SMARTS) is 1. The number of aliphatic carboxylic acids is 1. The molecule has 2 rings (SSSR count). The molecule has 0 unspecified atom stereocenters. The molecule has 0 saturated carbocycles. The van der Waals surface area contributed by atoms with Gasteiger partial charge in [0, 0.05) is 32.3 Å². The van der Waals surface area contributed by atoms with Crippen LogP contribution in [0.2, 0.25) is 0 Å². The highest BCUT2D eigenvalue weighted by molar-refractivity contribution is 5.70. The number of hydrogen-bond donors (Lipinski definition) is 2. The Morgan fingerprint density at radius 3 is 1.04 bits per heavy atom. The molecule has 384 valence electrons. The van der Waals surface area contributed by atoms with Crippen LogP contribution in [-0.2, 0) is 46.6 Å². The molecule has 0 spiro atoms. The molecule has 0 amide bonds. The SMILES string of the molecule is CCCCCCC(CCCCCC)COC(=O)CCCCCCC(=O)OCc1ccccc1.CCCCCCC(CO)CCCCCC.O=C(O)CCCCCCC(=O)OCc1ccccc1. The van der Waals surface area contributed by atoms with Crippen molar-refractivity contribution in [2.45, 2.75) is 246 Å². The molecule has 0 aliphatic carbocycles. The highest BCUT2D eigenvalue weighted by Gasteiger charge is 2.13. The molecular formula is C58H98O9. The van der Waals surface area contributed by atoms with Crippen LogP contribution in [0.4, 0.5) is 0 Å². The standard InChI is InChI=1S/C29H48O4.C15H20O4.C14H30O/c1-3-5-7-12-18-26(19-13-8-6-4-2)24-32-28(30)22-16-9-10-17-23-29(31)33-25-27-20-14-11-15-21-27;16-14(17)10-6-1-2-7-11-15(18)19-12-13-8-4-3-5-9-13;1-3-5-7-9-11-14(13-15)12-10-8-6-4-2/h11,14-15,20-21,26H,3-10,12-13,16-19,22-25H2,1-2H3;3-5,8-9H,1-2,6-7,10-12H2,(H,16,17);14-15H,3-13H2,1-2H3. The van der Waals surface area contributed by atoms with Gasteiger partial charge in [0.05, 0.1) is 6.61 Å². The summed E-state index contributed by atoms with van der Waals surface area (Å²) >= 11 is 0. The molecule has 0 bridgehead atoms. The minimum absolute atomic E-state index is 0.0654. The van der Waals surface area contributed by atoms with E-state index in [1.807, 2.05) is 60.7 Å². The van der Waals surface area contributed by atoms with Crippen LogP contribution in [0.1, 0.15) is 244 Å². The smallest absolute Gasteiger partial charge is 0.306 e. The summed E-state index contributed by atoms with van der Waals surface area (Å²) in [7, 11) is 0. The fraction of sp³-hybridized carbons (Fsp3) is 0.724. The number of aliphatic hydroxyl groups excluding tert-OH is 1. The van der Waals surface area contributed by atoms with Gasteiger partial charge in [-0.25, -0.2) is 0 Å². The zero-order chi connectivity index (χ0) is 49.3. The second kappa shape index (κ2) is 48.7. The van der Waals surface area contributed by atoms with Crippen molar-refractivity contribution in [2.75, 3.05) is 13.2 Å². The Hall–Kier alpha value is -3.72. The van der Waals surface area contributed by atoms with Crippen molar-refractivity contribution in [1.29, 1.82) is 0 Å². The number of carboxylic acids is 1. The number of aliphatic hydroxyl groups is 1. The van der Waals surface area contributed by atoms with Crippen molar-refractivity contribution in [1.82, 2.24) is 0 Å². The number of unbranched alkanes of at least 4 members (excludes halogenated alkanes) is 18. The Morgan fingerprint density at radius 1 is 0.403 bits per heavy atom. The summed E-state index contributed by atoms with van der Waals surface area (Å²) in [5, 5.41) is 17.7. The van der Waals surface area contributed by atoms with Gasteiger partial charge in [0.1, 0.15) is 13.2 Å². The molecule has 0 atom stereocenters. The van der Waals surface area contributed by atoms with Gasteiger partial charge in [0.25, 0.3) is 0 Å². The van der Waals surface area contributed by atoms with E-state index in [2.05, 4.69) is 27.7 Å². The third kappa shape index (κ3) is 44.5. The molecule has 2 aromatic carbocycles. The Labute approximate surface area is 409 Å². The highest BCUT2D eigenvalue weighted by Crippen LogP contribution is 2.20. The van der Waals surface area contributed by atoms with E-state index in [1.165, 1.54) is 128 Å². The zero-order valence-corrected chi connectivity index (χ0v) is 43.1. The monoisotopic (exact) mass is 939 g/mol. The van der Waals surface area contributed by atoms with E-state index < -0.39 is 5.97 Å².